The summed E-state index contributed by atoms with van der Waals surface area (Å²) in [7, 11) is 0. The van der Waals surface area contributed by atoms with Gasteiger partial charge >= 0.3 is 11.9 Å². The minimum Gasteiger partial charge on any atom is -0.462 e. The molecule has 0 fully saturated rings. The van der Waals surface area contributed by atoms with Crippen molar-refractivity contribution >= 4 is 45.8 Å². The highest BCUT2D eigenvalue weighted by Gasteiger charge is 2.49. The van der Waals surface area contributed by atoms with Crippen molar-refractivity contribution in [3.63, 3.8) is 0 Å². The van der Waals surface area contributed by atoms with E-state index in [-0.39, 0.29) is 18.3 Å². The molecule has 196 valence electrons. The molecule has 0 saturated carbocycles. The summed E-state index contributed by atoms with van der Waals surface area (Å²) in [6, 6.07) is 35.9. The van der Waals surface area contributed by atoms with Crippen molar-refractivity contribution in [3.05, 3.63) is 126 Å². The average molecular weight is 537 g/mol. The van der Waals surface area contributed by atoms with Crippen molar-refractivity contribution in [1.82, 2.24) is 0 Å². The fourth-order valence-electron chi connectivity index (χ4n) is 5.28. The third-order valence-electron chi connectivity index (χ3n) is 7.01. The highest BCUT2D eigenvalue weighted by molar-refractivity contribution is 7.97. The van der Waals surface area contributed by atoms with Crippen LogP contribution in [0.25, 0.3) is 0 Å². The monoisotopic (exact) mass is 536 g/mol. The number of ketones is 1. The molecular formula is C33H29O5P. The van der Waals surface area contributed by atoms with Crippen LogP contribution in [0.2, 0.25) is 0 Å². The Balaban J connectivity index is 1.92. The Bertz CT molecular complexity index is 1480. The van der Waals surface area contributed by atoms with Crippen LogP contribution in [0.5, 0.6) is 0 Å². The van der Waals surface area contributed by atoms with Gasteiger partial charge in [-0.05, 0) is 48.3 Å². The molecule has 1 aliphatic rings. The van der Waals surface area contributed by atoms with Gasteiger partial charge in [0.2, 0.25) is 5.78 Å². The summed E-state index contributed by atoms with van der Waals surface area (Å²) >= 11 is 0. The number of hydrogen-bond acceptors (Lipinski definition) is 5. The molecule has 0 aromatic heterocycles. The summed E-state index contributed by atoms with van der Waals surface area (Å²) in [4.78, 5) is 42.0. The number of rotatable bonds is 7. The maximum absolute atomic E-state index is 14.9. The highest BCUT2D eigenvalue weighted by atomic mass is 31.2. The molecule has 0 aliphatic carbocycles. The quantitative estimate of drug-likeness (QED) is 0.198. The molecular weight excluding hydrogens is 507 g/mol. The number of ether oxygens (including phenoxy) is 2. The molecule has 0 amide bonds. The highest BCUT2D eigenvalue weighted by Crippen LogP contribution is 2.48. The second-order valence-electron chi connectivity index (χ2n) is 9.53. The molecule has 5 rings (SSSR count). The molecule has 0 spiro atoms. The van der Waals surface area contributed by atoms with E-state index in [1.807, 2.05) is 103 Å². The molecule has 1 aliphatic heterocycles. The zero-order valence-electron chi connectivity index (χ0n) is 21.9. The summed E-state index contributed by atoms with van der Waals surface area (Å²) in [5.74, 6) is -1.84. The summed E-state index contributed by atoms with van der Waals surface area (Å²) in [6.45, 7) is 0.283. The van der Waals surface area contributed by atoms with E-state index in [2.05, 4.69) is 0 Å². The lowest BCUT2D eigenvalue weighted by molar-refractivity contribution is -0.138. The largest absolute Gasteiger partial charge is 0.462 e. The Labute approximate surface area is 228 Å². The smallest absolute Gasteiger partial charge is 0.342 e. The van der Waals surface area contributed by atoms with Crippen molar-refractivity contribution < 1.29 is 23.9 Å². The van der Waals surface area contributed by atoms with Gasteiger partial charge in [-0.25, -0.2) is 9.59 Å². The lowest BCUT2D eigenvalue weighted by atomic mass is 9.86. The average Bonchev–Trinajstić information content (AvgIpc) is 2.97. The first-order chi connectivity index (χ1) is 18.9. The normalized spacial score (nSPS) is 16.5. The molecule has 1 heterocycles. The summed E-state index contributed by atoms with van der Waals surface area (Å²) in [5, 5.41) is 2.47. The Morgan fingerprint density at radius 3 is 1.72 bits per heavy atom. The lowest BCUT2D eigenvalue weighted by Gasteiger charge is -2.37. The second kappa shape index (κ2) is 10.9. The SMILES string of the molecule is CCOC(=O)C(C(=O)C1(C)Cc2ccccc2C(=O)O1)=P(c1ccccc1)(c1ccccc1)c1ccccc1. The van der Waals surface area contributed by atoms with Crippen LogP contribution >= 0.6 is 6.89 Å². The number of benzene rings is 4. The minimum absolute atomic E-state index is 0.00244. The van der Waals surface area contributed by atoms with E-state index in [1.54, 1.807) is 26.0 Å². The molecule has 0 saturated heterocycles. The van der Waals surface area contributed by atoms with Crippen LogP contribution in [0.15, 0.2) is 115 Å². The number of Topliss-reactive ketones (excluding diaryl/α,β-unsaturated/α-hetero) is 1. The molecule has 5 nitrogen and oxygen atoms in total. The van der Waals surface area contributed by atoms with Gasteiger partial charge in [0.25, 0.3) is 0 Å². The first kappa shape index (κ1) is 26.4. The van der Waals surface area contributed by atoms with Crippen molar-refractivity contribution in [2.45, 2.75) is 25.9 Å². The van der Waals surface area contributed by atoms with Crippen molar-refractivity contribution in [1.29, 1.82) is 0 Å². The molecule has 0 N–H and O–H groups in total. The van der Waals surface area contributed by atoms with Gasteiger partial charge in [-0.2, -0.15) is 0 Å². The molecule has 39 heavy (non-hydrogen) atoms. The zero-order valence-corrected chi connectivity index (χ0v) is 22.8. The lowest BCUT2D eigenvalue weighted by Crippen LogP contribution is -2.52. The zero-order chi connectivity index (χ0) is 27.5. The Kier molecular flexibility index (Phi) is 7.36. The van der Waals surface area contributed by atoms with Gasteiger partial charge in [0, 0.05) is 6.42 Å². The van der Waals surface area contributed by atoms with Crippen LogP contribution in [0, 0.1) is 0 Å². The van der Waals surface area contributed by atoms with Crippen molar-refractivity contribution in [2.75, 3.05) is 6.61 Å². The molecule has 4 aromatic carbocycles. The summed E-state index contributed by atoms with van der Waals surface area (Å²) in [5.41, 5.74) is -0.469. The molecule has 1 atom stereocenters. The van der Waals surface area contributed by atoms with Gasteiger partial charge in [0.1, 0.15) is 5.29 Å². The van der Waals surface area contributed by atoms with Crippen LogP contribution in [-0.2, 0) is 25.5 Å². The Morgan fingerprint density at radius 1 is 0.769 bits per heavy atom. The maximum atomic E-state index is 14.9. The number of fused-ring (bicyclic) bond motifs is 1. The van der Waals surface area contributed by atoms with E-state index in [0.29, 0.717) is 11.1 Å². The maximum Gasteiger partial charge on any atom is 0.342 e. The van der Waals surface area contributed by atoms with Gasteiger partial charge in [-0.15, -0.1) is 0 Å². The van der Waals surface area contributed by atoms with Gasteiger partial charge in [-0.1, -0.05) is 109 Å². The third kappa shape index (κ3) is 4.64. The van der Waals surface area contributed by atoms with Crippen LogP contribution in [0.3, 0.4) is 0 Å². The van der Waals surface area contributed by atoms with Gasteiger partial charge in [-0.3, -0.25) is 4.79 Å². The first-order valence-electron chi connectivity index (χ1n) is 12.9. The fraction of sp³-hybridized carbons (Fsp3) is 0.152. The van der Waals surface area contributed by atoms with Crippen LogP contribution in [-0.4, -0.2) is 35.2 Å². The Morgan fingerprint density at radius 2 is 1.23 bits per heavy atom. The van der Waals surface area contributed by atoms with Crippen LogP contribution in [0.1, 0.15) is 29.8 Å². The molecule has 0 radical (unpaired) electrons. The van der Waals surface area contributed by atoms with E-state index in [0.717, 1.165) is 15.9 Å². The fourth-order valence-corrected chi connectivity index (χ4v) is 9.69. The van der Waals surface area contributed by atoms with Gasteiger partial charge < -0.3 is 9.47 Å². The van der Waals surface area contributed by atoms with E-state index in [9.17, 15) is 14.4 Å². The predicted molar refractivity (Wildman–Crippen MR) is 156 cm³/mol. The molecule has 4 aromatic rings. The van der Waals surface area contributed by atoms with E-state index < -0.39 is 30.2 Å². The first-order valence-corrected chi connectivity index (χ1v) is 14.7. The van der Waals surface area contributed by atoms with Crippen LogP contribution < -0.4 is 15.9 Å². The van der Waals surface area contributed by atoms with E-state index in [1.165, 1.54) is 0 Å². The second-order valence-corrected chi connectivity index (χ2v) is 12.9. The van der Waals surface area contributed by atoms with E-state index in [4.69, 9.17) is 9.47 Å². The van der Waals surface area contributed by atoms with Crippen LogP contribution in [0.4, 0.5) is 0 Å². The topological polar surface area (TPSA) is 69.7 Å². The van der Waals surface area contributed by atoms with Gasteiger partial charge in [0.15, 0.2) is 5.60 Å². The summed E-state index contributed by atoms with van der Waals surface area (Å²) < 4.78 is 11.5. The van der Waals surface area contributed by atoms with Crippen molar-refractivity contribution in [2.24, 2.45) is 0 Å². The van der Waals surface area contributed by atoms with E-state index >= 15 is 0 Å². The number of hydrogen-bond donors (Lipinski definition) is 0. The number of cyclic esters (lactones) is 1. The number of carbonyl (C=O) groups excluding carboxylic acids is 3. The van der Waals surface area contributed by atoms with Crippen molar-refractivity contribution in [3.8, 4) is 0 Å². The molecule has 1 unspecified atom stereocenters. The number of esters is 2. The predicted octanol–water partition coefficient (Wildman–Crippen LogP) is 4.46. The summed E-state index contributed by atoms with van der Waals surface area (Å²) in [6.07, 6.45) is 0.148. The van der Waals surface area contributed by atoms with Gasteiger partial charge in [0.05, 0.1) is 12.2 Å². The Hall–Kier alpha value is -4.21. The molecule has 6 heteroatoms. The third-order valence-corrected chi connectivity index (χ3v) is 11.3. The number of carbonyl (C=O) groups is 3. The standard InChI is InChI=1S/C33H29O5P/c1-3-37-32(36)29(30(34)33(2)23-24-15-13-14-22-28(24)31(35)38-33)39(25-16-7-4-8-17-25,26-18-9-5-10-19-26)27-20-11-6-12-21-27/h4-22H,3,23H2,1-2H3. The molecule has 0 bridgehead atoms. The minimum atomic E-state index is -3.12.